The molecule has 2 heterocycles. The van der Waals surface area contributed by atoms with Gasteiger partial charge in [0.1, 0.15) is 5.82 Å². The standard InChI is InChI=1S/C27H21FN2O2/c28-21-12-10-18(11-13-21)14-20-16-30(15-19-6-2-1-3-7-19)17-23-25(27(31)32)22-8-4-5-9-24(22)29-26(20)23/h1-14H,15-17H2,(H,31,32). The Kier molecular flexibility index (Phi) is 5.25. The Morgan fingerprint density at radius 1 is 0.969 bits per heavy atom. The van der Waals surface area contributed by atoms with Crippen LogP contribution in [0.5, 0.6) is 0 Å². The summed E-state index contributed by atoms with van der Waals surface area (Å²) >= 11 is 0. The summed E-state index contributed by atoms with van der Waals surface area (Å²) in [6, 6.07) is 23.7. The lowest BCUT2D eigenvalue weighted by Crippen LogP contribution is -2.31. The number of carboxylic acids is 1. The fraction of sp³-hybridized carbons (Fsp3) is 0.111. The molecule has 0 spiro atoms. The van der Waals surface area contributed by atoms with Crippen molar-refractivity contribution < 1.29 is 14.3 Å². The predicted molar refractivity (Wildman–Crippen MR) is 124 cm³/mol. The molecular weight excluding hydrogens is 403 g/mol. The van der Waals surface area contributed by atoms with E-state index in [9.17, 15) is 14.3 Å². The number of benzene rings is 3. The Hall–Kier alpha value is -3.83. The lowest BCUT2D eigenvalue weighted by atomic mass is 9.91. The van der Waals surface area contributed by atoms with E-state index in [4.69, 9.17) is 4.98 Å². The van der Waals surface area contributed by atoms with Crippen LogP contribution in [-0.2, 0) is 13.1 Å². The first-order chi connectivity index (χ1) is 15.6. The second-order valence-corrected chi connectivity index (χ2v) is 7.99. The maximum absolute atomic E-state index is 13.4. The molecule has 5 heteroatoms. The zero-order valence-electron chi connectivity index (χ0n) is 17.3. The van der Waals surface area contributed by atoms with Crippen molar-refractivity contribution in [3.63, 3.8) is 0 Å². The van der Waals surface area contributed by atoms with Gasteiger partial charge in [-0.05, 0) is 41.0 Å². The number of carboxylic acid groups (broad SMARTS) is 1. The summed E-state index contributed by atoms with van der Waals surface area (Å²) < 4.78 is 13.4. The summed E-state index contributed by atoms with van der Waals surface area (Å²) in [5.41, 5.74) is 5.30. The van der Waals surface area contributed by atoms with E-state index in [1.165, 1.54) is 12.1 Å². The predicted octanol–water partition coefficient (Wildman–Crippen LogP) is 5.63. The smallest absolute Gasteiger partial charge is 0.336 e. The Labute approximate surface area is 185 Å². The molecule has 4 aromatic rings. The molecule has 1 N–H and O–H groups in total. The molecule has 158 valence electrons. The van der Waals surface area contributed by atoms with Gasteiger partial charge in [-0.15, -0.1) is 0 Å². The van der Waals surface area contributed by atoms with Crippen LogP contribution in [0.1, 0.15) is 32.7 Å². The summed E-state index contributed by atoms with van der Waals surface area (Å²) in [5.74, 6) is -1.25. The van der Waals surface area contributed by atoms with Crippen LogP contribution in [0.3, 0.4) is 0 Å². The molecule has 0 bridgehead atoms. The maximum atomic E-state index is 13.4. The second kappa shape index (κ2) is 8.36. The number of carbonyl (C=O) groups is 1. The molecule has 1 aliphatic heterocycles. The molecule has 0 amide bonds. The average molecular weight is 424 g/mol. The fourth-order valence-corrected chi connectivity index (χ4v) is 4.34. The van der Waals surface area contributed by atoms with Gasteiger partial charge in [0.15, 0.2) is 0 Å². The Morgan fingerprint density at radius 3 is 2.44 bits per heavy atom. The van der Waals surface area contributed by atoms with Gasteiger partial charge in [-0.2, -0.15) is 0 Å². The molecule has 5 rings (SSSR count). The number of nitrogens with zero attached hydrogens (tertiary/aromatic N) is 2. The van der Waals surface area contributed by atoms with E-state index < -0.39 is 5.97 Å². The minimum atomic E-state index is -0.956. The Balaban J connectivity index is 1.68. The van der Waals surface area contributed by atoms with Gasteiger partial charge in [0.2, 0.25) is 0 Å². The van der Waals surface area contributed by atoms with Gasteiger partial charge in [-0.1, -0.05) is 60.7 Å². The zero-order chi connectivity index (χ0) is 22.1. The number of aromatic nitrogens is 1. The van der Waals surface area contributed by atoms with Crippen molar-refractivity contribution in [2.45, 2.75) is 13.1 Å². The molecule has 4 nitrogen and oxygen atoms in total. The van der Waals surface area contributed by atoms with E-state index >= 15 is 0 Å². The van der Waals surface area contributed by atoms with Crippen LogP contribution in [-0.4, -0.2) is 27.5 Å². The first kappa shape index (κ1) is 20.1. The first-order valence-electron chi connectivity index (χ1n) is 10.5. The van der Waals surface area contributed by atoms with Gasteiger partial charge in [0, 0.05) is 30.6 Å². The number of para-hydroxylation sites is 1. The number of halogens is 1. The van der Waals surface area contributed by atoms with Crippen molar-refractivity contribution in [2.75, 3.05) is 6.54 Å². The van der Waals surface area contributed by atoms with E-state index in [1.807, 2.05) is 48.5 Å². The fourth-order valence-electron chi connectivity index (χ4n) is 4.34. The van der Waals surface area contributed by atoms with Crippen molar-refractivity contribution in [3.8, 4) is 0 Å². The highest BCUT2D eigenvalue weighted by Crippen LogP contribution is 2.34. The molecule has 1 aliphatic rings. The SMILES string of the molecule is O=C(O)c1c2c(nc3ccccc13)C(=Cc1ccc(F)cc1)CN(Cc1ccccc1)C2. The van der Waals surface area contributed by atoms with Crippen LogP contribution in [0.4, 0.5) is 4.39 Å². The quantitative estimate of drug-likeness (QED) is 0.461. The van der Waals surface area contributed by atoms with E-state index in [0.717, 1.165) is 16.7 Å². The van der Waals surface area contributed by atoms with E-state index in [2.05, 4.69) is 17.0 Å². The van der Waals surface area contributed by atoms with Crippen LogP contribution in [0, 0.1) is 5.82 Å². The Bertz CT molecular complexity index is 1330. The third kappa shape index (κ3) is 3.90. The molecule has 0 radical (unpaired) electrons. The third-order valence-corrected chi connectivity index (χ3v) is 5.75. The zero-order valence-corrected chi connectivity index (χ0v) is 17.3. The summed E-state index contributed by atoms with van der Waals surface area (Å²) in [6.07, 6.45) is 1.98. The minimum Gasteiger partial charge on any atom is -0.478 e. The topological polar surface area (TPSA) is 53.4 Å². The molecule has 1 aromatic heterocycles. The van der Waals surface area contributed by atoms with E-state index in [-0.39, 0.29) is 5.82 Å². The van der Waals surface area contributed by atoms with Gasteiger partial charge < -0.3 is 5.11 Å². The molecular formula is C27H21FN2O2. The highest BCUT2D eigenvalue weighted by atomic mass is 19.1. The number of rotatable bonds is 4. The molecule has 0 unspecified atom stereocenters. The van der Waals surface area contributed by atoms with Crippen LogP contribution >= 0.6 is 0 Å². The van der Waals surface area contributed by atoms with Gasteiger partial charge in [0.05, 0.1) is 16.8 Å². The monoisotopic (exact) mass is 424 g/mol. The summed E-state index contributed by atoms with van der Waals surface area (Å²) in [4.78, 5) is 19.4. The van der Waals surface area contributed by atoms with Gasteiger partial charge in [0.25, 0.3) is 0 Å². The van der Waals surface area contributed by atoms with Crippen molar-refractivity contribution in [1.29, 1.82) is 0 Å². The Morgan fingerprint density at radius 2 is 1.69 bits per heavy atom. The lowest BCUT2D eigenvalue weighted by molar-refractivity contribution is 0.0696. The highest BCUT2D eigenvalue weighted by Gasteiger charge is 2.28. The molecule has 0 saturated carbocycles. The summed E-state index contributed by atoms with van der Waals surface area (Å²) in [5, 5.41) is 10.8. The van der Waals surface area contributed by atoms with Crippen molar-refractivity contribution in [1.82, 2.24) is 9.88 Å². The summed E-state index contributed by atoms with van der Waals surface area (Å²) in [6.45, 7) is 1.79. The normalized spacial score (nSPS) is 15.1. The van der Waals surface area contributed by atoms with Crippen molar-refractivity contribution >= 4 is 28.5 Å². The lowest BCUT2D eigenvalue weighted by Gasteiger charge is -2.31. The van der Waals surface area contributed by atoms with E-state index in [0.29, 0.717) is 47.4 Å². The number of pyridine rings is 1. The number of hydrogen-bond acceptors (Lipinski definition) is 3. The largest absolute Gasteiger partial charge is 0.478 e. The average Bonchev–Trinajstić information content (AvgIpc) is 2.80. The third-order valence-electron chi connectivity index (χ3n) is 5.75. The number of fused-ring (bicyclic) bond motifs is 2. The number of aromatic carboxylic acids is 1. The van der Waals surface area contributed by atoms with Gasteiger partial charge in [-0.25, -0.2) is 14.2 Å². The molecule has 0 fully saturated rings. The molecule has 3 aromatic carbocycles. The van der Waals surface area contributed by atoms with Crippen LogP contribution in [0.15, 0.2) is 78.9 Å². The first-order valence-corrected chi connectivity index (χ1v) is 10.5. The van der Waals surface area contributed by atoms with Gasteiger partial charge >= 0.3 is 5.97 Å². The maximum Gasteiger partial charge on any atom is 0.336 e. The molecule has 0 aliphatic carbocycles. The molecule has 0 saturated heterocycles. The number of hydrogen-bond donors (Lipinski definition) is 1. The molecule has 32 heavy (non-hydrogen) atoms. The second-order valence-electron chi connectivity index (χ2n) is 7.99. The highest BCUT2D eigenvalue weighted by molar-refractivity contribution is 6.06. The molecule has 0 atom stereocenters. The van der Waals surface area contributed by atoms with Crippen molar-refractivity contribution in [2.24, 2.45) is 0 Å². The van der Waals surface area contributed by atoms with Gasteiger partial charge in [-0.3, -0.25) is 4.90 Å². The van der Waals surface area contributed by atoms with Crippen LogP contribution in [0.25, 0.3) is 22.6 Å². The summed E-state index contributed by atoms with van der Waals surface area (Å²) in [7, 11) is 0. The van der Waals surface area contributed by atoms with Crippen molar-refractivity contribution in [3.05, 3.63) is 113 Å². The minimum absolute atomic E-state index is 0.292. The van der Waals surface area contributed by atoms with Crippen LogP contribution in [0.2, 0.25) is 0 Å². The van der Waals surface area contributed by atoms with E-state index in [1.54, 1.807) is 12.1 Å². The van der Waals surface area contributed by atoms with Crippen LogP contribution < -0.4 is 0 Å².